The van der Waals surface area contributed by atoms with Crippen LogP contribution in [0.2, 0.25) is 10.0 Å². The first-order valence-corrected chi connectivity index (χ1v) is 9.41. The Bertz CT molecular complexity index is 727. The molecule has 4 N–H and O–H groups in total. The Hall–Kier alpha value is -1.38. The second kappa shape index (κ2) is 7.09. The van der Waals surface area contributed by atoms with E-state index in [-0.39, 0.29) is 5.41 Å². The number of nitrogens with two attached hydrogens (primary N) is 2. The third-order valence-electron chi connectivity index (χ3n) is 5.01. The summed E-state index contributed by atoms with van der Waals surface area (Å²) in [5.74, 6) is 0.601. The maximum atomic E-state index is 6.42. The topological polar surface area (TPSA) is 52.0 Å². The van der Waals surface area contributed by atoms with Gasteiger partial charge in [-0.1, -0.05) is 76.9 Å². The SMILES string of the molecule is CC(C)c1cc(C(C)(C)c2cc(Cl)c(N)c(C(C)C)c2)cc(Cl)c1N. The van der Waals surface area contributed by atoms with Crippen molar-refractivity contribution in [3.63, 3.8) is 0 Å². The minimum atomic E-state index is -0.276. The van der Waals surface area contributed by atoms with Gasteiger partial charge in [0.15, 0.2) is 0 Å². The minimum absolute atomic E-state index is 0.276. The van der Waals surface area contributed by atoms with Crippen molar-refractivity contribution in [2.75, 3.05) is 11.5 Å². The molecule has 0 aromatic heterocycles. The smallest absolute Gasteiger partial charge is 0.0641 e. The van der Waals surface area contributed by atoms with Gasteiger partial charge in [0, 0.05) is 5.41 Å². The lowest BCUT2D eigenvalue weighted by Gasteiger charge is -2.29. The van der Waals surface area contributed by atoms with Crippen LogP contribution in [0.15, 0.2) is 24.3 Å². The Labute approximate surface area is 161 Å². The molecule has 0 aliphatic heterocycles. The molecule has 4 heteroatoms. The summed E-state index contributed by atoms with van der Waals surface area (Å²) in [4.78, 5) is 0. The molecule has 0 fully saturated rings. The lowest BCUT2D eigenvalue weighted by atomic mass is 9.76. The van der Waals surface area contributed by atoms with Crippen molar-refractivity contribution in [3.8, 4) is 0 Å². The Morgan fingerprint density at radius 2 is 1.04 bits per heavy atom. The predicted octanol–water partition coefficient (Wildman–Crippen LogP) is 6.73. The van der Waals surface area contributed by atoms with E-state index in [1.807, 2.05) is 12.1 Å². The monoisotopic (exact) mass is 378 g/mol. The number of hydrogen-bond donors (Lipinski definition) is 2. The zero-order valence-corrected chi connectivity index (χ0v) is 17.4. The molecule has 2 aromatic rings. The Morgan fingerprint density at radius 3 is 1.32 bits per heavy atom. The van der Waals surface area contributed by atoms with Gasteiger partial charge in [0.1, 0.15) is 0 Å². The Kier molecular flexibility index (Phi) is 5.65. The first-order chi connectivity index (χ1) is 11.5. The molecule has 0 bridgehead atoms. The van der Waals surface area contributed by atoms with Gasteiger partial charge in [0.05, 0.1) is 21.4 Å². The number of anilines is 2. The first-order valence-electron chi connectivity index (χ1n) is 8.65. The van der Waals surface area contributed by atoms with Crippen LogP contribution in [-0.2, 0) is 5.41 Å². The van der Waals surface area contributed by atoms with Gasteiger partial charge >= 0.3 is 0 Å². The van der Waals surface area contributed by atoms with Crippen molar-refractivity contribution in [1.29, 1.82) is 0 Å². The zero-order chi connectivity index (χ0) is 19.1. The molecule has 0 atom stereocenters. The van der Waals surface area contributed by atoms with Gasteiger partial charge < -0.3 is 11.5 Å². The predicted molar refractivity (Wildman–Crippen MR) is 112 cm³/mol. The van der Waals surface area contributed by atoms with E-state index >= 15 is 0 Å². The van der Waals surface area contributed by atoms with E-state index in [1.165, 1.54) is 0 Å². The average molecular weight is 379 g/mol. The van der Waals surface area contributed by atoms with Gasteiger partial charge in [-0.05, 0) is 46.2 Å². The van der Waals surface area contributed by atoms with Gasteiger partial charge in [0.25, 0.3) is 0 Å². The summed E-state index contributed by atoms with van der Waals surface area (Å²) in [6.07, 6.45) is 0. The van der Waals surface area contributed by atoms with Crippen molar-refractivity contribution in [2.45, 2.75) is 58.8 Å². The number of halogens is 2. The maximum absolute atomic E-state index is 6.42. The standard InChI is InChI=1S/C21H28Cl2N2/c1-11(2)15-7-13(9-17(22)19(15)24)21(5,6)14-8-16(12(3)4)20(25)18(23)10-14/h7-12H,24-25H2,1-6H3. The van der Waals surface area contributed by atoms with Gasteiger partial charge in [-0.15, -0.1) is 0 Å². The molecule has 0 radical (unpaired) electrons. The van der Waals surface area contributed by atoms with Crippen LogP contribution in [0.4, 0.5) is 11.4 Å². The van der Waals surface area contributed by atoms with Crippen LogP contribution in [0.1, 0.15) is 75.6 Å². The van der Waals surface area contributed by atoms with Crippen LogP contribution in [0.5, 0.6) is 0 Å². The van der Waals surface area contributed by atoms with Gasteiger partial charge in [0.2, 0.25) is 0 Å². The number of hydrogen-bond acceptors (Lipinski definition) is 2. The van der Waals surface area contributed by atoms with E-state index in [2.05, 4.69) is 53.7 Å². The summed E-state index contributed by atoms with van der Waals surface area (Å²) in [7, 11) is 0. The first kappa shape index (κ1) is 19.9. The molecule has 0 amide bonds. The fraction of sp³-hybridized carbons (Fsp3) is 0.429. The minimum Gasteiger partial charge on any atom is -0.397 e. The molecule has 25 heavy (non-hydrogen) atoms. The molecule has 0 heterocycles. The van der Waals surface area contributed by atoms with E-state index in [0.29, 0.717) is 33.3 Å². The lowest BCUT2D eigenvalue weighted by molar-refractivity contribution is 0.636. The average Bonchev–Trinajstić information content (AvgIpc) is 2.51. The van der Waals surface area contributed by atoms with E-state index < -0.39 is 0 Å². The fourth-order valence-electron chi connectivity index (χ4n) is 3.12. The zero-order valence-electron chi connectivity index (χ0n) is 15.9. The Morgan fingerprint density at radius 1 is 0.720 bits per heavy atom. The molecule has 2 rings (SSSR count). The largest absolute Gasteiger partial charge is 0.397 e. The van der Waals surface area contributed by atoms with Crippen LogP contribution >= 0.6 is 23.2 Å². The molecule has 0 unspecified atom stereocenters. The highest BCUT2D eigenvalue weighted by atomic mass is 35.5. The van der Waals surface area contributed by atoms with Crippen molar-refractivity contribution >= 4 is 34.6 Å². The second-order valence-corrected chi connectivity index (χ2v) is 8.67. The molecule has 2 aromatic carbocycles. The fourth-order valence-corrected chi connectivity index (χ4v) is 3.58. The van der Waals surface area contributed by atoms with Crippen molar-refractivity contribution in [1.82, 2.24) is 0 Å². The highest BCUT2D eigenvalue weighted by Crippen LogP contribution is 2.41. The van der Waals surface area contributed by atoms with Crippen LogP contribution in [0.3, 0.4) is 0 Å². The molecule has 0 aliphatic rings. The molecule has 0 saturated carbocycles. The van der Waals surface area contributed by atoms with Crippen molar-refractivity contribution in [3.05, 3.63) is 56.6 Å². The molecule has 2 nitrogen and oxygen atoms in total. The van der Waals surface area contributed by atoms with Crippen LogP contribution in [-0.4, -0.2) is 0 Å². The normalized spacial score (nSPS) is 12.2. The van der Waals surface area contributed by atoms with E-state index in [9.17, 15) is 0 Å². The highest BCUT2D eigenvalue weighted by Gasteiger charge is 2.27. The third kappa shape index (κ3) is 3.75. The highest BCUT2D eigenvalue weighted by molar-refractivity contribution is 6.33. The summed E-state index contributed by atoms with van der Waals surface area (Å²) < 4.78 is 0. The van der Waals surface area contributed by atoms with E-state index in [1.54, 1.807) is 0 Å². The summed E-state index contributed by atoms with van der Waals surface area (Å²) in [6.45, 7) is 12.8. The van der Waals surface area contributed by atoms with Gasteiger partial charge in [-0.3, -0.25) is 0 Å². The van der Waals surface area contributed by atoms with Gasteiger partial charge in [-0.2, -0.15) is 0 Å². The Balaban J connectivity index is 2.67. The molecule has 0 aliphatic carbocycles. The summed E-state index contributed by atoms with van der Waals surface area (Å²) in [5, 5.41) is 1.19. The third-order valence-corrected chi connectivity index (χ3v) is 5.64. The van der Waals surface area contributed by atoms with Crippen molar-refractivity contribution in [2.24, 2.45) is 0 Å². The van der Waals surface area contributed by atoms with Crippen LogP contribution < -0.4 is 11.5 Å². The molecule has 0 saturated heterocycles. The number of rotatable bonds is 4. The quantitative estimate of drug-likeness (QED) is 0.579. The second-order valence-electron chi connectivity index (χ2n) is 7.86. The molecule has 0 spiro atoms. The maximum Gasteiger partial charge on any atom is 0.0641 e. The summed E-state index contributed by atoms with van der Waals surface area (Å²) in [5.41, 5.74) is 17.8. The van der Waals surface area contributed by atoms with E-state index in [4.69, 9.17) is 34.7 Å². The molecular weight excluding hydrogens is 351 g/mol. The van der Waals surface area contributed by atoms with E-state index in [0.717, 1.165) is 22.3 Å². The molecule has 136 valence electrons. The van der Waals surface area contributed by atoms with Crippen molar-refractivity contribution < 1.29 is 0 Å². The lowest BCUT2D eigenvalue weighted by Crippen LogP contribution is -2.20. The summed E-state index contributed by atoms with van der Waals surface area (Å²) >= 11 is 12.8. The summed E-state index contributed by atoms with van der Waals surface area (Å²) in [6, 6.07) is 8.24. The molecular formula is C21H28Cl2N2. The van der Waals surface area contributed by atoms with Crippen LogP contribution in [0.25, 0.3) is 0 Å². The number of nitrogen functional groups attached to an aromatic ring is 2. The number of benzene rings is 2. The van der Waals surface area contributed by atoms with Gasteiger partial charge in [-0.25, -0.2) is 0 Å². The van der Waals surface area contributed by atoms with Crippen LogP contribution in [0, 0.1) is 0 Å².